The zero-order chi connectivity index (χ0) is 16.7. The molecule has 0 fully saturated rings. The third kappa shape index (κ3) is 5.75. The molecule has 5 nitrogen and oxygen atoms in total. The van der Waals surface area contributed by atoms with Crippen LogP contribution in [0.2, 0.25) is 0 Å². The van der Waals surface area contributed by atoms with E-state index in [0.717, 1.165) is 12.0 Å². The Labute approximate surface area is 139 Å². The van der Waals surface area contributed by atoms with Gasteiger partial charge in [0.1, 0.15) is 0 Å². The molecular formula is C17H21N3O2S. The van der Waals surface area contributed by atoms with Gasteiger partial charge < -0.3 is 16.4 Å². The highest BCUT2D eigenvalue weighted by atomic mass is 32.1. The summed E-state index contributed by atoms with van der Waals surface area (Å²) in [5, 5.41) is 7.53. The molecule has 0 aliphatic heterocycles. The van der Waals surface area contributed by atoms with Crippen molar-refractivity contribution in [2.75, 3.05) is 6.54 Å². The first-order valence-electron chi connectivity index (χ1n) is 7.47. The molecule has 0 aliphatic rings. The number of carbonyl (C=O) groups is 2. The minimum Gasteiger partial charge on any atom is -0.352 e. The van der Waals surface area contributed by atoms with Gasteiger partial charge in [0.2, 0.25) is 0 Å². The molecule has 122 valence electrons. The summed E-state index contributed by atoms with van der Waals surface area (Å²) in [6, 6.07) is 10.7. The fourth-order valence-corrected chi connectivity index (χ4v) is 3.05. The first-order chi connectivity index (χ1) is 11.0. The topological polar surface area (TPSA) is 84.2 Å². The van der Waals surface area contributed by atoms with E-state index in [0.29, 0.717) is 24.6 Å². The van der Waals surface area contributed by atoms with Crippen molar-refractivity contribution in [3.63, 3.8) is 0 Å². The monoisotopic (exact) mass is 331 g/mol. The Hall–Kier alpha value is -2.34. The minimum absolute atomic E-state index is 0.0857. The van der Waals surface area contributed by atoms with Gasteiger partial charge in [-0.1, -0.05) is 25.1 Å². The van der Waals surface area contributed by atoms with Crippen LogP contribution in [-0.2, 0) is 13.0 Å². The van der Waals surface area contributed by atoms with Gasteiger partial charge in [-0.25, -0.2) is 4.79 Å². The van der Waals surface area contributed by atoms with Gasteiger partial charge in [0.15, 0.2) is 0 Å². The maximum absolute atomic E-state index is 12.1. The van der Waals surface area contributed by atoms with Crippen LogP contribution in [0.3, 0.4) is 0 Å². The smallest absolute Gasteiger partial charge is 0.312 e. The lowest BCUT2D eigenvalue weighted by Crippen LogP contribution is -2.29. The predicted molar refractivity (Wildman–Crippen MR) is 92.4 cm³/mol. The van der Waals surface area contributed by atoms with Gasteiger partial charge in [0, 0.05) is 23.5 Å². The number of primary amides is 1. The van der Waals surface area contributed by atoms with E-state index in [1.165, 1.54) is 4.88 Å². The molecule has 1 heterocycles. The maximum atomic E-state index is 12.1. The fourth-order valence-electron chi connectivity index (χ4n) is 2.18. The van der Waals surface area contributed by atoms with Crippen LogP contribution in [0.15, 0.2) is 41.8 Å². The molecule has 0 aliphatic carbocycles. The van der Waals surface area contributed by atoms with Gasteiger partial charge in [-0.15, -0.1) is 11.3 Å². The Morgan fingerprint density at radius 2 is 1.91 bits per heavy atom. The summed E-state index contributed by atoms with van der Waals surface area (Å²) in [6.07, 6.45) is 0.968. The van der Waals surface area contributed by atoms with Crippen LogP contribution in [0, 0.1) is 5.92 Å². The minimum atomic E-state index is -0.563. The quantitative estimate of drug-likeness (QED) is 0.728. The van der Waals surface area contributed by atoms with E-state index in [2.05, 4.69) is 29.0 Å². The Bertz CT molecular complexity index is 638. The summed E-state index contributed by atoms with van der Waals surface area (Å²) in [4.78, 5) is 24.1. The van der Waals surface area contributed by atoms with Gasteiger partial charge in [0.25, 0.3) is 5.91 Å². The first kappa shape index (κ1) is 17.0. The fraction of sp³-hybridized carbons (Fsp3) is 0.294. The van der Waals surface area contributed by atoms with E-state index in [1.54, 1.807) is 35.6 Å². The summed E-state index contributed by atoms with van der Waals surface area (Å²) in [7, 11) is 0. The lowest BCUT2D eigenvalue weighted by atomic mass is 10.1. The van der Waals surface area contributed by atoms with Crippen LogP contribution in [0.4, 0.5) is 4.79 Å². The number of nitrogens with two attached hydrogens (primary N) is 1. The molecule has 0 saturated heterocycles. The molecule has 2 rings (SSSR count). The summed E-state index contributed by atoms with van der Waals surface area (Å²) < 4.78 is 0. The van der Waals surface area contributed by atoms with Crippen molar-refractivity contribution in [3.05, 3.63) is 57.8 Å². The highest BCUT2D eigenvalue weighted by Gasteiger charge is 2.09. The largest absolute Gasteiger partial charge is 0.352 e. The van der Waals surface area contributed by atoms with Crippen molar-refractivity contribution in [1.29, 1.82) is 0 Å². The molecule has 0 spiro atoms. The summed E-state index contributed by atoms with van der Waals surface area (Å²) in [6.45, 7) is 3.12. The molecule has 3 amide bonds. The lowest BCUT2D eigenvalue weighted by molar-refractivity contribution is 0.0948. The lowest BCUT2D eigenvalue weighted by Gasteiger charge is -2.12. The Balaban J connectivity index is 1.79. The molecule has 2 aromatic rings. The van der Waals surface area contributed by atoms with Gasteiger partial charge in [0.05, 0.1) is 0 Å². The molecular weight excluding hydrogens is 310 g/mol. The highest BCUT2D eigenvalue weighted by Crippen LogP contribution is 2.14. The summed E-state index contributed by atoms with van der Waals surface area (Å²) in [5.41, 5.74) is 6.52. The van der Waals surface area contributed by atoms with Crippen molar-refractivity contribution in [3.8, 4) is 0 Å². The molecule has 1 atom stereocenters. The number of nitrogens with one attached hydrogen (secondary N) is 2. The van der Waals surface area contributed by atoms with Crippen LogP contribution in [0.1, 0.15) is 27.7 Å². The maximum Gasteiger partial charge on any atom is 0.312 e. The van der Waals surface area contributed by atoms with E-state index < -0.39 is 6.03 Å². The van der Waals surface area contributed by atoms with Gasteiger partial charge in [-0.05, 0) is 41.5 Å². The normalized spacial score (nSPS) is 11.7. The zero-order valence-corrected chi connectivity index (χ0v) is 13.9. The predicted octanol–water partition coefficient (Wildman–Crippen LogP) is 2.53. The number of amides is 3. The standard InChI is InChI=1S/C17H21N3O2S/c1-12(9-15-3-2-8-23-15)10-19-16(21)14-6-4-13(5-7-14)11-20-17(18)22/h2-8,12H,9-11H2,1H3,(H,19,21)(H3,18,20,22). The van der Waals surface area contributed by atoms with E-state index >= 15 is 0 Å². The number of carbonyl (C=O) groups excluding carboxylic acids is 2. The number of thiophene rings is 1. The van der Waals surface area contributed by atoms with Gasteiger partial charge >= 0.3 is 6.03 Å². The Kier molecular flexibility index (Phi) is 6.17. The Morgan fingerprint density at radius 1 is 1.17 bits per heavy atom. The summed E-state index contributed by atoms with van der Waals surface area (Å²) in [5.74, 6) is 0.300. The summed E-state index contributed by atoms with van der Waals surface area (Å²) >= 11 is 1.74. The van der Waals surface area contributed by atoms with Crippen LogP contribution >= 0.6 is 11.3 Å². The van der Waals surface area contributed by atoms with Crippen molar-refractivity contribution in [1.82, 2.24) is 10.6 Å². The molecule has 0 radical (unpaired) electrons. The van der Waals surface area contributed by atoms with Crippen molar-refractivity contribution in [2.45, 2.75) is 19.9 Å². The molecule has 1 aromatic carbocycles. The number of rotatable bonds is 7. The molecule has 0 saturated carbocycles. The van der Waals surface area contributed by atoms with Gasteiger partial charge in [-0.2, -0.15) is 0 Å². The molecule has 1 unspecified atom stereocenters. The van der Waals surface area contributed by atoms with E-state index in [1.807, 2.05) is 6.07 Å². The number of hydrogen-bond acceptors (Lipinski definition) is 3. The average Bonchev–Trinajstić information content (AvgIpc) is 3.04. The number of benzene rings is 1. The second kappa shape index (κ2) is 8.33. The Morgan fingerprint density at radius 3 is 2.52 bits per heavy atom. The third-order valence-electron chi connectivity index (χ3n) is 3.42. The molecule has 6 heteroatoms. The van der Waals surface area contributed by atoms with Gasteiger partial charge in [-0.3, -0.25) is 4.79 Å². The third-order valence-corrected chi connectivity index (χ3v) is 4.32. The average molecular weight is 331 g/mol. The van der Waals surface area contributed by atoms with Crippen LogP contribution in [0.25, 0.3) is 0 Å². The van der Waals surface area contributed by atoms with Crippen LogP contribution < -0.4 is 16.4 Å². The SMILES string of the molecule is CC(CNC(=O)c1ccc(CNC(N)=O)cc1)Cc1cccs1. The molecule has 0 bridgehead atoms. The first-order valence-corrected chi connectivity index (χ1v) is 8.35. The van der Waals surface area contributed by atoms with E-state index in [4.69, 9.17) is 5.73 Å². The number of urea groups is 1. The second-order valence-corrected chi connectivity index (χ2v) is 6.55. The molecule has 23 heavy (non-hydrogen) atoms. The zero-order valence-electron chi connectivity index (χ0n) is 13.0. The van der Waals surface area contributed by atoms with Crippen molar-refractivity contribution >= 4 is 23.3 Å². The van der Waals surface area contributed by atoms with Crippen molar-refractivity contribution < 1.29 is 9.59 Å². The van der Waals surface area contributed by atoms with Crippen LogP contribution in [0.5, 0.6) is 0 Å². The van der Waals surface area contributed by atoms with Crippen molar-refractivity contribution in [2.24, 2.45) is 11.7 Å². The number of hydrogen-bond donors (Lipinski definition) is 3. The van der Waals surface area contributed by atoms with E-state index in [-0.39, 0.29) is 5.91 Å². The van der Waals surface area contributed by atoms with E-state index in [9.17, 15) is 9.59 Å². The van der Waals surface area contributed by atoms with Crippen LogP contribution in [-0.4, -0.2) is 18.5 Å². The highest BCUT2D eigenvalue weighted by molar-refractivity contribution is 7.09. The second-order valence-electron chi connectivity index (χ2n) is 5.51. The molecule has 4 N–H and O–H groups in total. The molecule has 1 aromatic heterocycles.